The Morgan fingerprint density at radius 1 is 0.972 bits per heavy atom. The van der Waals surface area contributed by atoms with Crippen LogP contribution in [0.4, 0.5) is 18.3 Å². The zero-order valence-electron chi connectivity index (χ0n) is 19.5. The molecule has 36 heavy (non-hydrogen) atoms. The van der Waals surface area contributed by atoms with Crippen LogP contribution in [0.1, 0.15) is 11.3 Å². The smallest absolute Gasteiger partial charge is 0.493 e. The number of halogens is 3. The highest BCUT2D eigenvalue weighted by molar-refractivity contribution is 7.89. The van der Waals surface area contributed by atoms with Crippen LogP contribution in [0, 0.1) is 0 Å². The normalized spacial score (nSPS) is 15.1. The Morgan fingerprint density at radius 2 is 1.64 bits per heavy atom. The number of aromatic nitrogens is 1. The van der Waals surface area contributed by atoms with E-state index in [0.717, 1.165) is 40.7 Å². The van der Waals surface area contributed by atoms with Gasteiger partial charge in [0, 0.05) is 38.0 Å². The fourth-order valence-corrected chi connectivity index (χ4v) is 6.11. The molecule has 194 valence electrons. The van der Waals surface area contributed by atoms with Crippen molar-refractivity contribution in [2.24, 2.45) is 0 Å². The Bertz CT molecular complexity index is 1290. The molecule has 0 atom stereocenters. The zero-order valence-corrected chi connectivity index (χ0v) is 21.1. The molecule has 0 amide bonds. The fourth-order valence-electron chi connectivity index (χ4n) is 3.80. The average Bonchev–Trinajstić information content (AvgIpc) is 3.32. The summed E-state index contributed by atoms with van der Waals surface area (Å²) >= 11 is 1.49. The summed E-state index contributed by atoms with van der Waals surface area (Å²) in [5.41, 5.74) is 1.91. The number of methoxy groups -OCH3 is 2. The van der Waals surface area contributed by atoms with Gasteiger partial charge in [-0.2, -0.15) is 4.31 Å². The molecule has 0 bridgehead atoms. The van der Waals surface area contributed by atoms with Crippen LogP contribution in [-0.2, 0) is 16.4 Å². The van der Waals surface area contributed by atoms with Crippen molar-refractivity contribution in [3.05, 3.63) is 59.1 Å². The molecular formula is C23H24F3N3O5S2. The third-order valence-corrected chi connectivity index (χ3v) is 8.44. The number of hydrogen-bond donors (Lipinski definition) is 0. The van der Waals surface area contributed by atoms with Crippen molar-refractivity contribution in [1.29, 1.82) is 0 Å². The maximum atomic E-state index is 12.9. The minimum Gasteiger partial charge on any atom is -0.493 e. The molecule has 8 nitrogen and oxygen atoms in total. The van der Waals surface area contributed by atoms with Gasteiger partial charge in [-0.1, -0.05) is 6.07 Å². The van der Waals surface area contributed by atoms with Gasteiger partial charge in [0.05, 0.1) is 24.8 Å². The number of alkyl halides is 3. The first kappa shape index (κ1) is 26.0. The molecular weight excluding hydrogens is 519 g/mol. The molecule has 1 fully saturated rings. The van der Waals surface area contributed by atoms with Crippen molar-refractivity contribution in [3.63, 3.8) is 0 Å². The number of rotatable bonds is 8. The minimum absolute atomic E-state index is 0.0862. The number of nitrogens with zero attached hydrogens (tertiary/aromatic N) is 3. The highest BCUT2D eigenvalue weighted by atomic mass is 32.2. The standard InChI is InChI=1S/C23H24F3N3O5S2/c1-32-20-8-3-16(14-21(20)33-2)13-17-15-35-22(27-17)28-9-11-29(12-10-28)36(30,31)19-6-4-18(5-7-19)34-23(24,25)26/h3-8,14-15H,9-13H2,1-2H3. The summed E-state index contributed by atoms with van der Waals surface area (Å²) in [5, 5.41) is 2.77. The fraction of sp³-hybridized carbons (Fsp3) is 0.348. The quantitative estimate of drug-likeness (QED) is 0.422. The third-order valence-electron chi connectivity index (χ3n) is 5.58. The van der Waals surface area contributed by atoms with Crippen LogP contribution in [0.2, 0.25) is 0 Å². The largest absolute Gasteiger partial charge is 0.573 e. The molecule has 0 unspecified atom stereocenters. The molecule has 0 N–H and O–H groups in total. The minimum atomic E-state index is -4.84. The summed E-state index contributed by atoms with van der Waals surface area (Å²) in [6.45, 7) is 1.34. The van der Waals surface area contributed by atoms with Crippen molar-refractivity contribution in [3.8, 4) is 17.2 Å². The van der Waals surface area contributed by atoms with Crippen LogP contribution in [0.5, 0.6) is 17.2 Å². The molecule has 0 saturated carbocycles. The topological polar surface area (TPSA) is 81.2 Å². The number of hydrogen-bond acceptors (Lipinski definition) is 8. The van der Waals surface area contributed by atoms with Crippen LogP contribution >= 0.6 is 11.3 Å². The van der Waals surface area contributed by atoms with Gasteiger partial charge in [0.15, 0.2) is 16.6 Å². The number of ether oxygens (including phenoxy) is 3. The van der Waals surface area contributed by atoms with Gasteiger partial charge in [-0.05, 0) is 42.0 Å². The number of thiazole rings is 1. The van der Waals surface area contributed by atoms with Crippen LogP contribution in [0.3, 0.4) is 0 Å². The molecule has 1 saturated heterocycles. The van der Waals surface area contributed by atoms with Gasteiger partial charge in [0.1, 0.15) is 5.75 Å². The molecule has 1 aliphatic heterocycles. The third kappa shape index (κ3) is 6.02. The summed E-state index contributed by atoms with van der Waals surface area (Å²) in [6, 6.07) is 9.92. The highest BCUT2D eigenvalue weighted by Crippen LogP contribution is 2.30. The van der Waals surface area contributed by atoms with E-state index >= 15 is 0 Å². The molecule has 0 spiro atoms. The van der Waals surface area contributed by atoms with E-state index in [4.69, 9.17) is 14.5 Å². The Morgan fingerprint density at radius 3 is 2.25 bits per heavy atom. The van der Waals surface area contributed by atoms with Crippen LogP contribution < -0.4 is 19.1 Å². The maximum absolute atomic E-state index is 12.9. The van der Waals surface area contributed by atoms with Gasteiger partial charge in [0.25, 0.3) is 0 Å². The first-order valence-electron chi connectivity index (χ1n) is 10.9. The van der Waals surface area contributed by atoms with E-state index < -0.39 is 22.1 Å². The van der Waals surface area contributed by atoms with Crippen molar-refractivity contribution in [1.82, 2.24) is 9.29 Å². The summed E-state index contributed by atoms with van der Waals surface area (Å²) in [7, 11) is -0.680. The zero-order chi connectivity index (χ0) is 25.9. The van der Waals surface area contributed by atoms with E-state index in [1.165, 1.54) is 15.6 Å². The van der Waals surface area contributed by atoms with E-state index in [0.29, 0.717) is 31.0 Å². The lowest BCUT2D eigenvalue weighted by Gasteiger charge is -2.33. The summed E-state index contributed by atoms with van der Waals surface area (Å²) < 4.78 is 78.7. The molecule has 3 aromatic rings. The second-order valence-electron chi connectivity index (χ2n) is 7.90. The second-order valence-corrected chi connectivity index (χ2v) is 10.7. The van der Waals surface area contributed by atoms with E-state index in [-0.39, 0.29) is 18.0 Å². The van der Waals surface area contributed by atoms with Gasteiger partial charge >= 0.3 is 6.36 Å². The average molecular weight is 544 g/mol. The van der Waals surface area contributed by atoms with Crippen LogP contribution in [0.25, 0.3) is 0 Å². The lowest BCUT2D eigenvalue weighted by molar-refractivity contribution is -0.274. The summed E-state index contributed by atoms with van der Waals surface area (Å²) in [6.07, 6.45) is -4.23. The van der Waals surface area contributed by atoms with E-state index in [1.54, 1.807) is 14.2 Å². The van der Waals surface area contributed by atoms with E-state index in [2.05, 4.69) is 4.74 Å². The van der Waals surface area contributed by atoms with E-state index in [1.807, 2.05) is 28.5 Å². The monoisotopic (exact) mass is 543 g/mol. The van der Waals surface area contributed by atoms with Crippen LogP contribution in [0.15, 0.2) is 52.7 Å². The molecule has 1 aromatic heterocycles. The predicted molar refractivity (Wildman–Crippen MR) is 129 cm³/mol. The van der Waals surface area contributed by atoms with Gasteiger partial charge in [0.2, 0.25) is 10.0 Å². The molecule has 13 heteroatoms. The first-order valence-corrected chi connectivity index (χ1v) is 13.2. The molecule has 4 rings (SSSR count). The van der Waals surface area contributed by atoms with E-state index in [9.17, 15) is 21.6 Å². The van der Waals surface area contributed by atoms with Gasteiger partial charge in [-0.15, -0.1) is 24.5 Å². The predicted octanol–water partition coefficient (Wildman–Crippen LogP) is 4.16. The van der Waals surface area contributed by atoms with Gasteiger partial charge in [-0.25, -0.2) is 13.4 Å². The lowest BCUT2D eigenvalue weighted by Crippen LogP contribution is -2.48. The van der Waals surface area contributed by atoms with Gasteiger partial charge in [-0.3, -0.25) is 0 Å². The van der Waals surface area contributed by atoms with Crippen molar-refractivity contribution in [2.45, 2.75) is 17.7 Å². The molecule has 0 aliphatic carbocycles. The van der Waals surface area contributed by atoms with Crippen LogP contribution in [-0.4, -0.2) is 64.5 Å². The molecule has 1 aliphatic rings. The first-order chi connectivity index (χ1) is 17.1. The lowest BCUT2D eigenvalue weighted by atomic mass is 10.1. The summed E-state index contributed by atoms with van der Waals surface area (Å²) in [4.78, 5) is 6.65. The SMILES string of the molecule is COc1ccc(Cc2csc(N3CCN(S(=O)(=O)c4ccc(OC(F)(F)F)cc4)CC3)n2)cc1OC. The number of sulfonamides is 1. The number of benzene rings is 2. The number of anilines is 1. The second kappa shape index (κ2) is 10.5. The Kier molecular flexibility index (Phi) is 7.62. The Labute approximate surface area is 210 Å². The van der Waals surface area contributed by atoms with Gasteiger partial charge < -0.3 is 19.1 Å². The number of piperazine rings is 1. The van der Waals surface area contributed by atoms with Crippen molar-refractivity contribution in [2.75, 3.05) is 45.3 Å². The maximum Gasteiger partial charge on any atom is 0.573 e. The summed E-state index contributed by atoms with van der Waals surface area (Å²) in [5.74, 6) is 0.822. The Balaban J connectivity index is 1.37. The Hall–Kier alpha value is -3.03. The molecule has 2 aromatic carbocycles. The molecule has 2 heterocycles. The highest BCUT2D eigenvalue weighted by Gasteiger charge is 2.32. The van der Waals surface area contributed by atoms with Crippen molar-refractivity contribution >= 4 is 26.5 Å². The van der Waals surface area contributed by atoms with Crippen molar-refractivity contribution < 1.29 is 35.8 Å². The molecule has 0 radical (unpaired) electrons.